The molecule has 1 aliphatic heterocycles. The van der Waals surface area contributed by atoms with Gasteiger partial charge in [-0.1, -0.05) is 54.4 Å². The summed E-state index contributed by atoms with van der Waals surface area (Å²) in [7, 11) is 2.00. The second-order valence-corrected chi connectivity index (χ2v) is 11.4. The number of nitrogens with zero attached hydrogens (tertiary/aromatic N) is 2. The smallest absolute Gasteiger partial charge is 0.323 e. The molecule has 4 rings (SSSR count). The van der Waals surface area contributed by atoms with Crippen LogP contribution in [0.5, 0.6) is 5.75 Å². The molecule has 3 amide bonds. The number of aliphatic hydroxyl groups excluding tert-OH is 1. The number of urea groups is 1. The fraction of sp³-hybridized carbons (Fsp3) is 0.355. The zero-order chi connectivity index (χ0) is 29.5. The summed E-state index contributed by atoms with van der Waals surface area (Å²) in [6.45, 7) is 5.39. The van der Waals surface area contributed by atoms with Gasteiger partial charge in [-0.2, -0.15) is 0 Å². The molecule has 0 radical (unpaired) electrons. The maximum absolute atomic E-state index is 13.5. The van der Waals surface area contributed by atoms with Crippen molar-refractivity contribution in [3.8, 4) is 5.75 Å². The number of likely N-dealkylation sites (N-methyl/N-ethyl adjacent to an activating group) is 1. The summed E-state index contributed by atoms with van der Waals surface area (Å²) in [5, 5.41) is 16.5. The number of nitrogens with one attached hydrogen (secondary N) is 2. The number of ether oxygens (including phenoxy) is 1. The van der Waals surface area contributed by atoms with Crippen LogP contribution in [-0.2, 0) is 17.8 Å². The third kappa shape index (κ3) is 8.36. The van der Waals surface area contributed by atoms with Crippen molar-refractivity contribution in [3.63, 3.8) is 0 Å². The molecule has 0 unspecified atom stereocenters. The maximum atomic E-state index is 13.5. The molecule has 0 fully saturated rings. The Hall–Kier alpha value is -3.30. The lowest BCUT2D eigenvalue weighted by Gasteiger charge is -2.34. The van der Waals surface area contributed by atoms with Gasteiger partial charge in [-0.05, 0) is 62.0 Å². The number of carbonyl (C=O) groups excluding carboxylic acids is 2. The molecule has 218 valence electrons. The number of fused-ring (bicyclic) bond motifs is 1. The van der Waals surface area contributed by atoms with E-state index in [0.717, 1.165) is 5.56 Å². The van der Waals surface area contributed by atoms with Crippen LogP contribution in [0.3, 0.4) is 0 Å². The van der Waals surface area contributed by atoms with Gasteiger partial charge in [0.25, 0.3) is 0 Å². The molecule has 1 aliphatic rings. The Bertz CT molecular complexity index is 1360. The van der Waals surface area contributed by atoms with Gasteiger partial charge in [0, 0.05) is 42.5 Å². The van der Waals surface area contributed by atoms with Gasteiger partial charge in [0.15, 0.2) is 0 Å². The monoisotopic (exact) mass is 598 g/mol. The number of benzene rings is 3. The predicted molar refractivity (Wildman–Crippen MR) is 164 cm³/mol. The Morgan fingerprint density at radius 3 is 2.51 bits per heavy atom. The summed E-state index contributed by atoms with van der Waals surface area (Å²) >= 11 is 12.3. The van der Waals surface area contributed by atoms with Crippen LogP contribution in [0.15, 0.2) is 66.7 Å². The van der Waals surface area contributed by atoms with E-state index in [1.807, 2.05) is 44.3 Å². The molecule has 0 bridgehead atoms. The van der Waals surface area contributed by atoms with Gasteiger partial charge in [-0.25, -0.2) is 4.79 Å². The first-order valence-corrected chi connectivity index (χ1v) is 14.3. The summed E-state index contributed by atoms with van der Waals surface area (Å²) in [4.78, 5) is 29.9. The van der Waals surface area contributed by atoms with Gasteiger partial charge in [0.05, 0.1) is 29.1 Å². The van der Waals surface area contributed by atoms with Gasteiger partial charge in [-0.3, -0.25) is 9.69 Å². The van der Waals surface area contributed by atoms with E-state index in [0.29, 0.717) is 52.4 Å². The predicted octanol–water partition coefficient (Wildman–Crippen LogP) is 5.92. The molecule has 0 aromatic heterocycles. The number of amides is 3. The third-order valence-corrected chi connectivity index (χ3v) is 7.87. The van der Waals surface area contributed by atoms with E-state index in [1.54, 1.807) is 41.3 Å². The second kappa shape index (κ2) is 14.0. The van der Waals surface area contributed by atoms with E-state index in [1.165, 1.54) is 0 Å². The molecular formula is C31H36Cl2N4O4. The van der Waals surface area contributed by atoms with Crippen LogP contribution in [-0.4, -0.2) is 65.7 Å². The van der Waals surface area contributed by atoms with E-state index >= 15 is 0 Å². The largest absolute Gasteiger partial charge is 0.488 e. The van der Waals surface area contributed by atoms with Crippen molar-refractivity contribution in [3.05, 3.63) is 87.9 Å². The van der Waals surface area contributed by atoms with Crippen molar-refractivity contribution in [2.24, 2.45) is 5.92 Å². The SMILES string of the molecule is C[C@H]1CN([C@@H](C)CO)C(=O)Cc2cc(NC(=O)Nc3ccccc3)ccc2O[C@H]1CN(C)Cc1ccc(Cl)c(Cl)c1. The molecule has 41 heavy (non-hydrogen) atoms. The molecule has 3 N–H and O–H groups in total. The minimum absolute atomic E-state index is 0.0374. The Morgan fingerprint density at radius 2 is 1.80 bits per heavy atom. The Labute approximate surface area is 251 Å². The van der Waals surface area contributed by atoms with Gasteiger partial charge < -0.3 is 25.4 Å². The number of aliphatic hydroxyl groups is 1. The number of halogens is 2. The lowest BCUT2D eigenvalue weighted by atomic mass is 10.0. The zero-order valence-corrected chi connectivity index (χ0v) is 25.0. The minimum atomic E-state index is -0.391. The second-order valence-electron chi connectivity index (χ2n) is 10.6. The molecule has 3 atom stereocenters. The first kappa shape index (κ1) is 30.7. The number of hydrogen-bond acceptors (Lipinski definition) is 5. The summed E-state index contributed by atoms with van der Waals surface area (Å²) < 4.78 is 6.59. The molecular weight excluding hydrogens is 563 g/mol. The summed E-state index contributed by atoms with van der Waals surface area (Å²) in [6.07, 6.45) is -0.186. The number of carbonyl (C=O) groups is 2. The van der Waals surface area contributed by atoms with Crippen LogP contribution in [0.4, 0.5) is 16.2 Å². The minimum Gasteiger partial charge on any atom is -0.488 e. The first-order valence-electron chi connectivity index (χ1n) is 13.6. The van der Waals surface area contributed by atoms with E-state index < -0.39 is 6.03 Å². The quantitative estimate of drug-likeness (QED) is 0.299. The van der Waals surface area contributed by atoms with E-state index in [-0.39, 0.29) is 37.0 Å². The van der Waals surface area contributed by atoms with Crippen LogP contribution in [0.25, 0.3) is 0 Å². The fourth-order valence-electron chi connectivity index (χ4n) is 4.86. The highest BCUT2D eigenvalue weighted by Crippen LogP contribution is 2.30. The standard InChI is InChI=1S/C31H36Cl2N4O4/c1-20-16-37(21(2)19-38)30(39)15-23-14-25(35-31(40)34-24-7-5-4-6-8-24)10-12-28(23)41-29(20)18-36(3)17-22-9-11-26(32)27(33)13-22/h4-14,20-21,29,38H,15-19H2,1-3H3,(H2,34,35,40)/t20-,21-,29-/m0/s1. The van der Waals surface area contributed by atoms with Crippen molar-refractivity contribution in [1.29, 1.82) is 0 Å². The molecule has 0 saturated carbocycles. The number of hydrogen-bond donors (Lipinski definition) is 3. The van der Waals surface area contributed by atoms with Crippen molar-refractivity contribution in [2.75, 3.05) is 37.4 Å². The highest BCUT2D eigenvalue weighted by molar-refractivity contribution is 6.42. The molecule has 1 heterocycles. The molecule has 0 spiro atoms. The van der Waals surface area contributed by atoms with Crippen molar-refractivity contribution < 1.29 is 19.4 Å². The first-order chi connectivity index (χ1) is 19.6. The maximum Gasteiger partial charge on any atom is 0.323 e. The van der Waals surface area contributed by atoms with E-state index in [2.05, 4.69) is 22.5 Å². The Balaban J connectivity index is 1.56. The molecule has 0 saturated heterocycles. The van der Waals surface area contributed by atoms with Crippen LogP contribution < -0.4 is 15.4 Å². The highest BCUT2D eigenvalue weighted by Gasteiger charge is 2.31. The number of anilines is 2. The summed E-state index contributed by atoms with van der Waals surface area (Å²) in [5.74, 6) is 0.439. The average molecular weight is 600 g/mol. The highest BCUT2D eigenvalue weighted by atomic mass is 35.5. The van der Waals surface area contributed by atoms with E-state index in [9.17, 15) is 14.7 Å². The topological polar surface area (TPSA) is 94.1 Å². The number of para-hydroxylation sites is 1. The molecule has 0 aliphatic carbocycles. The van der Waals surface area contributed by atoms with Crippen LogP contribution in [0.1, 0.15) is 25.0 Å². The van der Waals surface area contributed by atoms with Crippen molar-refractivity contribution in [2.45, 2.75) is 39.0 Å². The molecule has 3 aromatic rings. The van der Waals surface area contributed by atoms with Gasteiger partial charge in [0.1, 0.15) is 11.9 Å². The fourth-order valence-corrected chi connectivity index (χ4v) is 5.18. The lowest BCUT2D eigenvalue weighted by molar-refractivity contribution is -0.134. The average Bonchev–Trinajstić information content (AvgIpc) is 2.98. The lowest BCUT2D eigenvalue weighted by Crippen LogP contribution is -2.47. The zero-order valence-electron chi connectivity index (χ0n) is 23.4. The Kier molecular flexibility index (Phi) is 10.5. The number of rotatable bonds is 8. The van der Waals surface area contributed by atoms with Crippen molar-refractivity contribution >= 4 is 46.5 Å². The molecule has 8 nitrogen and oxygen atoms in total. The van der Waals surface area contributed by atoms with Crippen LogP contribution in [0.2, 0.25) is 10.0 Å². The van der Waals surface area contributed by atoms with Gasteiger partial charge >= 0.3 is 6.03 Å². The van der Waals surface area contributed by atoms with Crippen LogP contribution in [0, 0.1) is 5.92 Å². The third-order valence-electron chi connectivity index (χ3n) is 7.13. The van der Waals surface area contributed by atoms with Crippen molar-refractivity contribution in [1.82, 2.24) is 9.80 Å². The van der Waals surface area contributed by atoms with Gasteiger partial charge in [0.2, 0.25) is 5.91 Å². The Morgan fingerprint density at radius 1 is 1.07 bits per heavy atom. The van der Waals surface area contributed by atoms with E-state index in [4.69, 9.17) is 27.9 Å². The normalized spacial score (nSPS) is 18.0. The van der Waals surface area contributed by atoms with Gasteiger partial charge in [-0.15, -0.1) is 0 Å². The molecule has 10 heteroatoms. The summed E-state index contributed by atoms with van der Waals surface area (Å²) in [6, 6.07) is 19.3. The molecule has 3 aromatic carbocycles. The van der Waals surface area contributed by atoms with Crippen LogP contribution >= 0.6 is 23.2 Å². The summed E-state index contributed by atoms with van der Waals surface area (Å²) in [5.41, 5.74) is 2.89.